The molecule has 0 bridgehead atoms. The third-order valence-electron chi connectivity index (χ3n) is 2.16. The van der Waals surface area contributed by atoms with Crippen molar-refractivity contribution in [2.24, 2.45) is 0 Å². The van der Waals surface area contributed by atoms with Crippen molar-refractivity contribution in [3.05, 3.63) is 35.6 Å². The third kappa shape index (κ3) is 3.30. The highest BCUT2D eigenvalue weighted by atomic mass is 35.5. The number of carboxylic acids is 1. The van der Waals surface area contributed by atoms with Gasteiger partial charge in [0.2, 0.25) is 5.76 Å². The highest BCUT2D eigenvalue weighted by Gasteiger charge is 2.20. The van der Waals surface area contributed by atoms with Crippen LogP contribution in [0.15, 0.2) is 30.0 Å². The van der Waals surface area contributed by atoms with Crippen molar-refractivity contribution in [3.63, 3.8) is 0 Å². The number of aliphatic carboxylic acids is 1. The summed E-state index contributed by atoms with van der Waals surface area (Å²) < 4.78 is 15.0. The molecule has 100 valence electrons. The Kier molecular flexibility index (Phi) is 6.67. The Bertz CT molecular complexity index is 442. The van der Waals surface area contributed by atoms with Crippen LogP contribution >= 0.6 is 12.4 Å². The number of ether oxygens (including phenoxy) is 3. The van der Waals surface area contributed by atoms with Crippen molar-refractivity contribution in [3.8, 4) is 5.75 Å². The molecular weight excluding hydrogens is 260 g/mol. The average molecular weight is 275 g/mol. The van der Waals surface area contributed by atoms with Crippen molar-refractivity contribution >= 4 is 24.1 Å². The van der Waals surface area contributed by atoms with Gasteiger partial charge in [0.1, 0.15) is 5.75 Å². The van der Waals surface area contributed by atoms with Crippen LogP contribution in [0.2, 0.25) is 0 Å². The molecule has 0 aliphatic rings. The number of halogens is 1. The van der Waals surface area contributed by atoms with Crippen LogP contribution in [0.4, 0.5) is 0 Å². The summed E-state index contributed by atoms with van der Waals surface area (Å²) in [7, 11) is 4.15. The van der Waals surface area contributed by atoms with Gasteiger partial charge in [0.15, 0.2) is 5.76 Å². The summed E-state index contributed by atoms with van der Waals surface area (Å²) in [6.07, 6.45) is 0. The zero-order valence-electron chi connectivity index (χ0n) is 10.3. The highest BCUT2D eigenvalue weighted by Crippen LogP contribution is 2.28. The van der Waals surface area contributed by atoms with E-state index in [9.17, 15) is 4.79 Å². The average Bonchev–Trinajstić information content (AvgIpc) is 2.35. The molecule has 0 unspecified atom stereocenters. The molecule has 1 aromatic carbocycles. The predicted molar refractivity (Wildman–Crippen MR) is 68.8 cm³/mol. The van der Waals surface area contributed by atoms with Crippen LogP contribution < -0.4 is 4.74 Å². The first-order chi connectivity index (χ1) is 8.15. The van der Waals surface area contributed by atoms with E-state index in [4.69, 9.17) is 19.3 Å². The normalized spacial score (nSPS) is 10.8. The zero-order valence-corrected chi connectivity index (χ0v) is 11.1. The first kappa shape index (κ1) is 16.1. The second kappa shape index (κ2) is 7.45. The van der Waals surface area contributed by atoms with Gasteiger partial charge in [0.25, 0.3) is 0 Å². The van der Waals surface area contributed by atoms with Crippen LogP contribution in [0.5, 0.6) is 5.75 Å². The molecule has 1 rings (SSSR count). The number of benzene rings is 1. The van der Waals surface area contributed by atoms with Crippen LogP contribution in [0, 0.1) is 0 Å². The maximum Gasteiger partial charge on any atom is 0.375 e. The third-order valence-corrected chi connectivity index (χ3v) is 2.16. The van der Waals surface area contributed by atoms with Crippen molar-refractivity contribution in [2.75, 3.05) is 21.3 Å². The lowest BCUT2D eigenvalue weighted by Crippen LogP contribution is -2.08. The van der Waals surface area contributed by atoms with Gasteiger partial charge in [-0.15, -0.1) is 12.4 Å². The highest BCUT2D eigenvalue weighted by molar-refractivity contribution is 5.93. The van der Waals surface area contributed by atoms with E-state index in [1.165, 1.54) is 21.3 Å². The molecule has 0 amide bonds. The molecule has 0 heterocycles. The van der Waals surface area contributed by atoms with Crippen molar-refractivity contribution in [1.82, 2.24) is 0 Å². The van der Waals surface area contributed by atoms with E-state index in [0.29, 0.717) is 11.3 Å². The minimum absolute atomic E-state index is 0. The Morgan fingerprint density at radius 2 is 1.72 bits per heavy atom. The first-order valence-electron chi connectivity index (χ1n) is 4.84. The molecule has 0 saturated heterocycles. The van der Waals surface area contributed by atoms with E-state index in [-0.39, 0.29) is 23.9 Å². The summed E-state index contributed by atoms with van der Waals surface area (Å²) in [5, 5.41) is 9.00. The smallest absolute Gasteiger partial charge is 0.375 e. The summed E-state index contributed by atoms with van der Waals surface area (Å²) in [6, 6.07) is 6.94. The van der Waals surface area contributed by atoms with Gasteiger partial charge in [0, 0.05) is 0 Å². The lowest BCUT2D eigenvalue weighted by atomic mass is 10.1. The van der Waals surface area contributed by atoms with Gasteiger partial charge < -0.3 is 19.3 Å². The Balaban J connectivity index is 0.00000289. The monoisotopic (exact) mass is 274 g/mol. The topological polar surface area (TPSA) is 65.0 Å². The molecule has 6 heteroatoms. The Morgan fingerprint density at radius 3 is 2.17 bits per heavy atom. The quantitative estimate of drug-likeness (QED) is 0.658. The molecule has 0 radical (unpaired) electrons. The van der Waals surface area contributed by atoms with Crippen LogP contribution in [0.1, 0.15) is 5.56 Å². The summed E-state index contributed by atoms with van der Waals surface area (Å²) in [6.45, 7) is 0. The number of hydrogen-bond acceptors (Lipinski definition) is 4. The summed E-state index contributed by atoms with van der Waals surface area (Å²) in [4.78, 5) is 11.0. The molecule has 0 aliphatic heterocycles. The maximum atomic E-state index is 11.0. The zero-order chi connectivity index (χ0) is 12.8. The Hall–Kier alpha value is -1.88. The molecule has 0 saturated carbocycles. The molecule has 0 atom stereocenters. The fourth-order valence-electron chi connectivity index (χ4n) is 1.43. The molecule has 0 spiro atoms. The number of hydrogen-bond donors (Lipinski definition) is 1. The lowest BCUT2D eigenvalue weighted by molar-refractivity contribution is -0.136. The van der Waals surface area contributed by atoms with Crippen molar-refractivity contribution in [2.45, 2.75) is 0 Å². The van der Waals surface area contributed by atoms with Gasteiger partial charge >= 0.3 is 5.97 Å². The van der Waals surface area contributed by atoms with E-state index in [1.807, 2.05) is 0 Å². The van der Waals surface area contributed by atoms with Crippen LogP contribution in [0.25, 0.3) is 5.76 Å². The molecule has 0 aromatic heterocycles. The number of para-hydroxylation sites is 1. The van der Waals surface area contributed by atoms with E-state index >= 15 is 0 Å². The van der Waals surface area contributed by atoms with Gasteiger partial charge in [-0.1, -0.05) is 12.1 Å². The van der Waals surface area contributed by atoms with Crippen LogP contribution in [-0.4, -0.2) is 32.4 Å². The van der Waals surface area contributed by atoms with E-state index < -0.39 is 5.97 Å². The predicted octanol–water partition coefficient (Wildman–Crippen LogP) is 2.16. The molecule has 18 heavy (non-hydrogen) atoms. The Morgan fingerprint density at radius 1 is 1.11 bits per heavy atom. The van der Waals surface area contributed by atoms with Crippen molar-refractivity contribution in [1.29, 1.82) is 0 Å². The molecule has 5 nitrogen and oxygen atoms in total. The minimum Gasteiger partial charge on any atom is -0.496 e. The van der Waals surface area contributed by atoms with Gasteiger partial charge in [0.05, 0.1) is 26.9 Å². The van der Waals surface area contributed by atoms with Gasteiger partial charge in [-0.3, -0.25) is 0 Å². The van der Waals surface area contributed by atoms with Crippen LogP contribution in [0.3, 0.4) is 0 Å². The largest absolute Gasteiger partial charge is 0.496 e. The maximum absolute atomic E-state index is 11.0. The Labute approximate surface area is 111 Å². The lowest BCUT2D eigenvalue weighted by Gasteiger charge is -2.13. The second-order valence-electron chi connectivity index (χ2n) is 3.07. The number of carbonyl (C=O) groups is 1. The SMILES string of the molecule is COC(C(=O)O)=C(OC)c1ccccc1OC.Cl. The number of methoxy groups -OCH3 is 3. The number of rotatable bonds is 5. The number of carboxylic acid groups (broad SMARTS) is 1. The van der Waals surface area contributed by atoms with E-state index in [1.54, 1.807) is 24.3 Å². The van der Waals surface area contributed by atoms with Gasteiger partial charge in [-0.05, 0) is 12.1 Å². The molecule has 1 aromatic rings. The molecule has 0 fully saturated rings. The van der Waals surface area contributed by atoms with Gasteiger partial charge in [-0.25, -0.2) is 4.79 Å². The van der Waals surface area contributed by atoms with Crippen molar-refractivity contribution < 1.29 is 24.1 Å². The standard InChI is InChI=1S/C12H14O5.ClH/c1-15-9-7-5-4-6-8(9)10(16-2)11(17-3)12(13)14;/h4-7H,1-3H3,(H,13,14);1H. The van der Waals surface area contributed by atoms with Gasteiger partial charge in [-0.2, -0.15) is 0 Å². The fraction of sp³-hybridized carbons (Fsp3) is 0.250. The molecule has 0 aliphatic carbocycles. The minimum atomic E-state index is -1.20. The van der Waals surface area contributed by atoms with Crippen LogP contribution in [-0.2, 0) is 14.3 Å². The fourth-order valence-corrected chi connectivity index (χ4v) is 1.43. The molecule has 1 N–H and O–H groups in total. The summed E-state index contributed by atoms with van der Waals surface area (Å²) in [5.74, 6) is -0.829. The molecular formula is C12H15ClO5. The second-order valence-corrected chi connectivity index (χ2v) is 3.07. The summed E-state index contributed by atoms with van der Waals surface area (Å²) in [5.41, 5.74) is 0.525. The van der Waals surface area contributed by atoms with E-state index in [0.717, 1.165) is 0 Å². The van der Waals surface area contributed by atoms with E-state index in [2.05, 4.69) is 0 Å². The first-order valence-corrected chi connectivity index (χ1v) is 4.84. The summed E-state index contributed by atoms with van der Waals surface area (Å²) >= 11 is 0.